The Morgan fingerprint density at radius 2 is 1.52 bits per heavy atom. The second-order valence-corrected chi connectivity index (χ2v) is 5.19. The zero-order chi connectivity index (χ0) is 15.2. The molecule has 114 valence electrons. The van der Waals surface area contributed by atoms with Gasteiger partial charge in [0.1, 0.15) is 12.2 Å². The van der Waals surface area contributed by atoms with E-state index >= 15 is 0 Å². The van der Waals surface area contributed by atoms with E-state index in [4.69, 9.17) is 14.2 Å². The van der Waals surface area contributed by atoms with Gasteiger partial charge >= 0.3 is 11.9 Å². The monoisotopic (exact) mass is 292 g/mol. The first kappa shape index (κ1) is 15.5. The SMILES string of the molecule is CC(=O)O[C@H]1C[C@H](OCc2ccccc2)C[C@H]1OC(C)=O. The number of rotatable bonds is 5. The van der Waals surface area contributed by atoms with Crippen molar-refractivity contribution in [1.29, 1.82) is 0 Å². The molecular weight excluding hydrogens is 272 g/mol. The van der Waals surface area contributed by atoms with Gasteiger partial charge in [0, 0.05) is 26.7 Å². The molecule has 1 fully saturated rings. The van der Waals surface area contributed by atoms with Crippen LogP contribution in [0.5, 0.6) is 0 Å². The standard InChI is InChI=1S/C16H20O5/c1-11(17)20-15-8-14(9-16(15)21-12(2)18)19-10-13-6-4-3-5-7-13/h3-7,14-16H,8-10H2,1-2H3/t14-,15-,16+. The Labute approximate surface area is 124 Å². The van der Waals surface area contributed by atoms with Gasteiger partial charge < -0.3 is 14.2 Å². The molecule has 0 bridgehead atoms. The van der Waals surface area contributed by atoms with E-state index in [1.807, 2.05) is 30.3 Å². The molecule has 1 aliphatic carbocycles. The fourth-order valence-corrected chi connectivity index (χ4v) is 2.52. The number of carbonyl (C=O) groups is 2. The van der Waals surface area contributed by atoms with Crippen molar-refractivity contribution in [3.63, 3.8) is 0 Å². The third kappa shape index (κ3) is 4.86. The van der Waals surface area contributed by atoms with Crippen LogP contribution >= 0.6 is 0 Å². The molecule has 0 aromatic heterocycles. The van der Waals surface area contributed by atoms with Crippen LogP contribution < -0.4 is 0 Å². The molecule has 5 nitrogen and oxygen atoms in total. The molecule has 3 atom stereocenters. The first-order valence-electron chi connectivity index (χ1n) is 7.04. The second kappa shape index (κ2) is 7.22. The lowest BCUT2D eigenvalue weighted by Crippen LogP contribution is -2.29. The Hall–Kier alpha value is -1.88. The van der Waals surface area contributed by atoms with E-state index in [-0.39, 0.29) is 18.0 Å². The summed E-state index contributed by atoms with van der Waals surface area (Å²) < 4.78 is 16.3. The summed E-state index contributed by atoms with van der Waals surface area (Å²) in [6.45, 7) is 3.19. The van der Waals surface area contributed by atoms with E-state index in [1.165, 1.54) is 13.8 Å². The lowest BCUT2D eigenvalue weighted by molar-refractivity contribution is -0.162. The average Bonchev–Trinajstić information content (AvgIpc) is 2.78. The van der Waals surface area contributed by atoms with Crippen LogP contribution in [0, 0.1) is 0 Å². The first-order chi connectivity index (χ1) is 10.0. The zero-order valence-corrected chi connectivity index (χ0v) is 12.3. The lowest BCUT2D eigenvalue weighted by atomic mass is 10.2. The third-order valence-electron chi connectivity index (χ3n) is 3.37. The molecule has 1 aromatic rings. The number of hydrogen-bond acceptors (Lipinski definition) is 5. The molecule has 1 aliphatic rings. The van der Waals surface area contributed by atoms with Crippen molar-refractivity contribution in [2.45, 2.75) is 51.6 Å². The predicted molar refractivity (Wildman–Crippen MR) is 75.4 cm³/mol. The summed E-state index contributed by atoms with van der Waals surface area (Å²) in [7, 11) is 0. The molecule has 2 rings (SSSR count). The average molecular weight is 292 g/mol. The van der Waals surface area contributed by atoms with Crippen molar-refractivity contribution in [3.05, 3.63) is 35.9 Å². The highest BCUT2D eigenvalue weighted by Crippen LogP contribution is 2.28. The van der Waals surface area contributed by atoms with Crippen molar-refractivity contribution in [3.8, 4) is 0 Å². The minimum Gasteiger partial charge on any atom is -0.459 e. The molecular formula is C16H20O5. The predicted octanol–water partition coefficient (Wildman–Crippen LogP) is 2.23. The Balaban J connectivity index is 1.89. The van der Waals surface area contributed by atoms with E-state index < -0.39 is 12.2 Å². The van der Waals surface area contributed by atoms with E-state index in [9.17, 15) is 9.59 Å². The summed E-state index contributed by atoms with van der Waals surface area (Å²) in [5, 5.41) is 0. The van der Waals surface area contributed by atoms with Crippen molar-refractivity contribution in [1.82, 2.24) is 0 Å². The fourth-order valence-electron chi connectivity index (χ4n) is 2.52. The van der Waals surface area contributed by atoms with Gasteiger partial charge in [-0.2, -0.15) is 0 Å². The molecule has 0 aliphatic heterocycles. The normalized spacial score (nSPS) is 24.6. The molecule has 5 heteroatoms. The molecule has 0 amide bonds. The quantitative estimate of drug-likeness (QED) is 0.779. The number of hydrogen-bond donors (Lipinski definition) is 0. The van der Waals surface area contributed by atoms with E-state index in [2.05, 4.69) is 0 Å². The number of ether oxygens (including phenoxy) is 3. The fraction of sp³-hybridized carbons (Fsp3) is 0.500. The molecule has 0 saturated heterocycles. The van der Waals surface area contributed by atoms with Crippen LogP contribution in [0.3, 0.4) is 0 Å². The second-order valence-electron chi connectivity index (χ2n) is 5.19. The zero-order valence-electron chi connectivity index (χ0n) is 12.3. The molecule has 0 radical (unpaired) electrons. The van der Waals surface area contributed by atoms with Gasteiger partial charge in [-0.3, -0.25) is 9.59 Å². The summed E-state index contributed by atoms with van der Waals surface area (Å²) in [4.78, 5) is 22.2. The van der Waals surface area contributed by atoms with Gasteiger partial charge in [0.25, 0.3) is 0 Å². The van der Waals surface area contributed by atoms with Gasteiger partial charge in [-0.25, -0.2) is 0 Å². The Morgan fingerprint density at radius 3 is 2.00 bits per heavy atom. The summed E-state index contributed by atoms with van der Waals surface area (Å²) >= 11 is 0. The highest BCUT2D eigenvalue weighted by molar-refractivity contribution is 5.67. The minimum absolute atomic E-state index is 0.0843. The van der Waals surface area contributed by atoms with Gasteiger partial charge in [-0.1, -0.05) is 30.3 Å². The van der Waals surface area contributed by atoms with Gasteiger partial charge in [0.05, 0.1) is 12.7 Å². The smallest absolute Gasteiger partial charge is 0.303 e. The Kier molecular flexibility index (Phi) is 5.33. The third-order valence-corrected chi connectivity index (χ3v) is 3.37. The van der Waals surface area contributed by atoms with Gasteiger partial charge in [0.2, 0.25) is 0 Å². The van der Waals surface area contributed by atoms with Gasteiger partial charge in [0.15, 0.2) is 0 Å². The topological polar surface area (TPSA) is 61.8 Å². The molecule has 21 heavy (non-hydrogen) atoms. The highest BCUT2D eigenvalue weighted by atomic mass is 16.6. The molecule has 0 spiro atoms. The van der Waals surface area contributed by atoms with E-state index in [0.717, 1.165) is 5.56 Å². The lowest BCUT2D eigenvalue weighted by Gasteiger charge is -2.18. The number of carbonyl (C=O) groups excluding carboxylic acids is 2. The van der Waals surface area contributed by atoms with Crippen LogP contribution in [-0.2, 0) is 30.4 Å². The molecule has 1 aromatic carbocycles. The molecule has 1 saturated carbocycles. The van der Waals surface area contributed by atoms with Crippen molar-refractivity contribution in [2.75, 3.05) is 0 Å². The van der Waals surface area contributed by atoms with Crippen molar-refractivity contribution in [2.24, 2.45) is 0 Å². The van der Waals surface area contributed by atoms with Crippen molar-refractivity contribution >= 4 is 11.9 Å². The summed E-state index contributed by atoms with van der Waals surface area (Å²) in [6.07, 6.45) is 0.160. The van der Waals surface area contributed by atoms with E-state index in [0.29, 0.717) is 19.4 Å². The molecule has 0 N–H and O–H groups in total. The van der Waals surface area contributed by atoms with E-state index in [1.54, 1.807) is 0 Å². The maximum absolute atomic E-state index is 11.1. The number of benzene rings is 1. The molecule has 0 heterocycles. The first-order valence-corrected chi connectivity index (χ1v) is 7.04. The molecule has 0 unspecified atom stereocenters. The maximum Gasteiger partial charge on any atom is 0.303 e. The minimum atomic E-state index is -0.424. The van der Waals surface area contributed by atoms with Crippen LogP contribution in [0.15, 0.2) is 30.3 Å². The summed E-state index contributed by atoms with van der Waals surface area (Å²) in [6, 6.07) is 9.84. The maximum atomic E-state index is 11.1. The van der Waals surface area contributed by atoms with Crippen LogP contribution in [0.1, 0.15) is 32.3 Å². The summed E-state index contributed by atoms with van der Waals surface area (Å²) in [5.41, 5.74) is 1.08. The van der Waals surface area contributed by atoms with Crippen LogP contribution in [-0.4, -0.2) is 30.3 Å². The van der Waals surface area contributed by atoms with Crippen LogP contribution in [0.25, 0.3) is 0 Å². The van der Waals surface area contributed by atoms with Crippen LogP contribution in [0.2, 0.25) is 0 Å². The van der Waals surface area contributed by atoms with Gasteiger partial charge in [-0.05, 0) is 5.56 Å². The highest BCUT2D eigenvalue weighted by Gasteiger charge is 2.39. The Bertz CT molecular complexity index is 461. The number of esters is 2. The Morgan fingerprint density at radius 1 is 1.00 bits per heavy atom. The largest absolute Gasteiger partial charge is 0.459 e. The van der Waals surface area contributed by atoms with Gasteiger partial charge in [-0.15, -0.1) is 0 Å². The van der Waals surface area contributed by atoms with Crippen molar-refractivity contribution < 1.29 is 23.8 Å². The van der Waals surface area contributed by atoms with Crippen LogP contribution in [0.4, 0.5) is 0 Å². The summed E-state index contributed by atoms with van der Waals surface area (Å²) in [5.74, 6) is -0.748.